The number of benzene rings is 1. The zero-order valence-electron chi connectivity index (χ0n) is 12.6. The van der Waals surface area contributed by atoms with Gasteiger partial charge in [0.2, 0.25) is 5.91 Å². The first-order chi connectivity index (χ1) is 10.0. The summed E-state index contributed by atoms with van der Waals surface area (Å²) in [5, 5.41) is 5.10. The van der Waals surface area contributed by atoms with Gasteiger partial charge in [0.25, 0.3) is 0 Å². The minimum absolute atomic E-state index is 0.0422. The summed E-state index contributed by atoms with van der Waals surface area (Å²) in [6.45, 7) is 5.39. The molecule has 0 bridgehead atoms. The lowest BCUT2D eigenvalue weighted by Gasteiger charge is -2.23. The number of carbonyl (C=O) groups is 1. The van der Waals surface area contributed by atoms with Crippen LogP contribution >= 0.6 is 11.3 Å². The molecule has 0 spiro atoms. The molecule has 2 aromatic rings. The van der Waals surface area contributed by atoms with Crippen LogP contribution in [0.2, 0.25) is 0 Å². The lowest BCUT2D eigenvalue weighted by atomic mass is 9.91. The molecule has 3 nitrogen and oxygen atoms in total. The Balaban J connectivity index is 1.93. The zero-order valence-corrected chi connectivity index (χ0v) is 13.4. The van der Waals surface area contributed by atoms with Crippen LogP contribution in [0.1, 0.15) is 29.9 Å². The number of amides is 1. The quantitative estimate of drug-likeness (QED) is 0.862. The summed E-state index contributed by atoms with van der Waals surface area (Å²) in [7, 11) is 0. The van der Waals surface area contributed by atoms with E-state index in [1.165, 1.54) is 4.88 Å². The molecule has 112 valence electrons. The van der Waals surface area contributed by atoms with Crippen molar-refractivity contribution in [2.75, 3.05) is 6.54 Å². The number of carbonyl (C=O) groups excluding carboxylic acids is 1. The average molecular weight is 302 g/mol. The average Bonchev–Trinajstić information content (AvgIpc) is 3.01. The lowest BCUT2D eigenvalue weighted by Crippen LogP contribution is -2.37. The number of thiophene rings is 1. The Kier molecular flexibility index (Phi) is 5.15. The molecule has 0 saturated heterocycles. The first-order valence-electron chi connectivity index (χ1n) is 7.10. The molecule has 2 rings (SSSR count). The molecule has 1 aromatic heterocycles. The highest BCUT2D eigenvalue weighted by atomic mass is 32.1. The highest BCUT2D eigenvalue weighted by molar-refractivity contribution is 7.10. The Hall–Kier alpha value is -1.65. The molecule has 0 aliphatic rings. The van der Waals surface area contributed by atoms with E-state index >= 15 is 0 Å². The fourth-order valence-corrected chi connectivity index (χ4v) is 3.09. The van der Waals surface area contributed by atoms with Gasteiger partial charge in [-0.25, -0.2) is 0 Å². The monoisotopic (exact) mass is 302 g/mol. The number of hydrogen-bond donors (Lipinski definition) is 2. The van der Waals surface area contributed by atoms with Gasteiger partial charge in [0.05, 0.1) is 6.42 Å². The first kappa shape index (κ1) is 15.7. The molecule has 1 amide bonds. The topological polar surface area (TPSA) is 55.1 Å². The third-order valence-electron chi connectivity index (χ3n) is 3.61. The third kappa shape index (κ3) is 4.16. The second-order valence-corrected chi connectivity index (χ2v) is 6.74. The first-order valence-corrected chi connectivity index (χ1v) is 7.98. The van der Waals surface area contributed by atoms with Gasteiger partial charge in [-0.1, -0.05) is 44.2 Å². The minimum atomic E-state index is -0.0444. The molecule has 0 fully saturated rings. The van der Waals surface area contributed by atoms with Gasteiger partial charge in [-0.3, -0.25) is 4.79 Å². The highest BCUT2D eigenvalue weighted by Crippen LogP contribution is 2.26. The normalized spacial score (nSPS) is 11.4. The summed E-state index contributed by atoms with van der Waals surface area (Å²) in [6.07, 6.45) is 0.383. The summed E-state index contributed by atoms with van der Waals surface area (Å²) >= 11 is 1.72. The van der Waals surface area contributed by atoms with Gasteiger partial charge in [-0.15, -0.1) is 11.3 Å². The van der Waals surface area contributed by atoms with Gasteiger partial charge >= 0.3 is 0 Å². The molecule has 0 unspecified atom stereocenters. The van der Waals surface area contributed by atoms with Gasteiger partial charge in [0.15, 0.2) is 0 Å². The van der Waals surface area contributed by atoms with Crippen LogP contribution < -0.4 is 11.1 Å². The van der Waals surface area contributed by atoms with Crippen molar-refractivity contribution in [3.63, 3.8) is 0 Å². The summed E-state index contributed by atoms with van der Waals surface area (Å²) in [6, 6.07) is 12.0. The lowest BCUT2D eigenvalue weighted by molar-refractivity contribution is -0.120. The SMILES string of the molecule is CC(C)(CNC(=O)Cc1ccccc1CN)c1cccs1. The Morgan fingerprint density at radius 3 is 2.52 bits per heavy atom. The Morgan fingerprint density at radius 1 is 1.19 bits per heavy atom. The standard InChI is InChI=1S/C17H22N2OS/c1-17(2,15-8-5-9-21-15)12-19-16(20)10-13-6-3-4-7-14(13)11-18/h3-9H,10-12,18H2,1-2H3,(H,19,20). The number of nitrogens with two attached hydrogens (primary N) is 1. The van der Waals surface area contributed by atoms with Crippen molar-refractivity contribution in [2.24, 2.45) is 5.73 Å². The van der Waals surface area contributed by atoms with E-state index in [0.717, 1.165) is 11.1 Å². The molecule has 1 aromatic carbocycles. The van der Waals surface area contributed by atoms with E-state index in [-0.39, 0.29) is 11.3 Å². The van der Waals surface area contributed by atoms with Crippen molar-refractivity contribution >= 4 is 17.2 Å². The predicted molar refractivity (Wildman–Crippen MR) is 88.4 cm³/mol. The molecule has 21 heavy (non-hydrogen) atoms. The summed E-state index contributed by atoms with van der Waals surface area (Å²) in [5.74, 6) is 0.0422. The third-order valence-corrected chi connectivity index (χ3v) is 4.84. The van der Waals surface area contributed by atoms with Crippen LogP contribution in [0.5, 0.6) is 0 Å². The van der Waals surface area contributed by atoms with Crippen LogP contribution in [0.3, 0.4) is 0 Å². The molecule has 3 N–H and O–H groups in total. The van der Waals surface area contributed by atoms with Crippen LogP contribution in [-0.2, 0) is 23.2 Å². The van der Waals surface area contributed by atoms with Crippen molar-refractivity contribution in [3.05, 3.63) is 57.8 Å². The molecule has 0 atom stereocenters. The molecule has 0 radical (unpaired) electrons. The second-order valence-electron chi connectivity index (χ2n) is 5.79. The number of rotatable bonds is 6. The molecule has 0 saturated carbocycles. The molecule has 0 aliphatic carbocycles. The van der Waals surface area contributed by atoms with E-state index in [1.807, 2.05) is 30.3 Å². The van der Waals surface area contributed by atoms with Crippen LogP contribution in [-0.4, -0.2) is 12.5 Å². The molecular formula is C17H22N2OS. The Labute approximate surface area is 130 Å². The number of hydrogen-bond acceptors (Lipinski definition) is 3. The van der Waals surface area contributed by atoms with Gasteiger partial charge in [-0.2, -0.15) is 0 Å². The largest absolute Gasteiger partial charge is 0.355 e. The zero-order chi connectivity index (χ0) is 15.3. The summed E-state index contributed by atoms with van der Waals surface area (Å²) < 4.78 is 0. The maximum Gasteiger partial charge on any atom is 0.224 e. The van der Waals surface area contributed by atoms with Crippen LogP contribution in [0.4, 0.5) is 0 Å². The smallest absolute Gasteiger partial charge is 0.224 e. The van der Waals surface area contributed by atoms with Gasteiger partial charge in [-0.05, 0) is 22.6 Å². The van der Waals surface area contributed by atoms with Gasteiger partial charge in [0, 0.05) is 23.4 Å². The van der Waals surface area contributed by atoms with Crippen molar-refractivity contribution in [3.8, 4) is 0 Å². The van der Waals surface area contributed by atoms with E-state index in [1.54, 1.807) is 11.3 Å². The van der Waals surface area contributed by atoms with E-state index in [0.29, 0.717) is 19.5 Å². The Bertz CT molecular complexity index is 591. The second kappa shape index (κ2) is 6.87. The summed E-state index contributed by atoms with van der Waals surface area (Å²) in [4.78, 5) is 13.4. The highest BCUT2D eigenvalue weighted by Gasteiger charge is 2.22. The minimum Gasteiger partial charge on any atom is -0.355 e. The number of nitrogens with one attached hydrogen (secondary N) is 1. The van der Waals surface area contributed by atoms with E-state index in [2.05, 4.69) is 30.6 Å². The maximum absolute atomic E-state index is 12.1. The fraction of sp³-hybridized carbons (Fsp3) is 0.353. The van der Waals surface area contributed by atoms with Crippen molar-refractivity contribution in [1.29, 1.82) is 0 Å². The van der Waals surface area contributed by atoms with Crippen LogP contribution in [0.25, 0.3) is 0 Å². The van der Waals surface area contributed by atoms with Crippen molar-refractivity contribution < 1.29 is 4.79 Å². The molecule has 0 aliphatic heterocycles. The molecule has 1 heterocycles. The van der Waals surface area contributed by atoms with Crippen LogP contribution in [0, 0.1) is 0 Å². The van der Waals surface area contributed by atoms with E-state index in [4.69, 9.17) is 5.73 Å². The molecule has 4 heteroatoms. The van der Waals surface area contributed by atoms with Crippen LogP contribution in [0.15, 0.2) is 41.8 Å². The van der Waals surface area contributed by atoms with Gasteiger partial charge < -0.3 is 11.1 Å². The van der Waals surface area contributed by atoms with Crippen molar-refractivity contribution in [1.82, 2.24) is 5.32 Å². The predicted octanol–water partition coefficient (Wildman–Crippen LogP) is 2.84. The Morgan fingerprint density at radius 2 is 1.90 bits per heavy atom. The molecular weight excluding hydrogens is 280 g/mol. The van der Waals surface area contributed by atoms with E-state index < -0.39 is 0 Å². The fourth-order valence-electron chi connectivity index (χ4n) is 2.23. The maximum atomic E-state index is 12.1. The van der Waals surface area contributed by atoms with Gasteiger partial charge in [0.1, 0.15) is 0 Å². The van der Waals surface area contributed by atoms with E-state index in [9.17, 15) is 4.79 Å². The summed E-state index contributed by atoms with van der Waals surface area (Å²) in [5.41, 5.74) is 7.70. The van der Waals surface area contributed by atoms with Crippen molar-refractivity contribution in [2.45, 2.75) is 32.2 Å².